The van der Waals surface area contributed by atoms with E-state index in [9.17, 15) is 4.79 Å². The van der Waals surface area contributed by atoms with Crippen molar-refractivity contribution in [3.8, 4) is 17.2 Å². The highest BCUT2D eigenvalue weighted by Gasteiger charge is 2.16. The fourth-order valence-corrected chi connectivity index (χ4v) is 2.32. The Balaban J connectivity index is 2.11. The van der Waals surface area contributed by atoms with Crippen LogP contribution >= 0.6 is 0 Å². The van der Waals surface area contributed by atoms with E-state index in [0.717, 1.165) is 11.1 Å². The molecule has 0 radical (unpaired) electrons. The predicted molar refractivity (Wildman–Crippen MR) is 102 cm³/mol. The van der Waals surface area contributed by atoms with Gasteiger partial charge in [-0.1, -0.05) is 36.4 Å². The standard InChI is InChI=1S/C20H22N2O4/c1-14(10-15-8-6-5-7-9-15)13-21-22-20(23)16-11-17(24-2)19(26-4)18(12-16)25-3/h5-13H,1-4H3,(H,22,23)/b14-10+,21-13+. The van der Waals surface area contributed by atoms with Crippen LogP contribution in [0.3, 0.4) is 0 Å². The molecule has 0 aliphatic carbocycles. The molecule has 0 saturated heterocycles. The molecule has 0 unspecified atom stereocenters. The first-order chi connectivity index (χ1) is 12.6. The number of carbonyl (C=O) groups is 1. The average molecular weight is 354 g/mol. The van der Waals surface area contributed by atoms with E-state index in [1.165, 1.54) is 21.3 Å². The second-order valence-corrected chi connectivity index (χ2v) is 5.41. The van der Waals surface area contributed by atoms with Crippen LogP contribution in [0.5, 0.6) is 17.2 Å². The van der Waals surface area contributed by atoms with Gasteiger partial charge in [0.1, 0.15) is 0 Å². The second kappa shape index (κ2) is 9.27. The fourth-order valence-electron chi connectivity index (χ4n) is 2.32. The molecular weight excluding hydrogens is 332 g/mol. The van der Waals surface area contributed by atoms with Gasteiger partial charge in [-0.15, -0.1) is 0 Å². The van der Waals surface area contributed by atoms with E-state index in [4.69, 9.17) is 14.2 Å². The summed E-state index contributed by atoms with van der Waals surface area (Å²) >= 11 is 0. The van der Waals surface area contributed by atoms with E-state index in [1.807, 2.05) is 43.3 Å². The van der Waals surface area contributed by atoms with Crippen LogP contribution in [0.25, 0.3) is 6.08 Å². The van der Waals surface area contributed by atoms with E-state index in [-0.39, 0.29) is 5.91 Å². The first-order valence-electron chi connectivity index (χ1n) is 7.95. The number of rotatable bonds is 7. The molecule has 6 heteroatoms. The molecule has 0 aliphatic rings. The zero-order chi connectivity index (χ0) is 18.9. The molecule has 2 rings (SSSR count). The summed E-state index contributed by atoms with van der Waals surface area (Å²) in [7, 11) is 4.50. The SMILES string of the molecule is COc1cc(C(=O)N/N=C/C(C)=C/c2ccccc2)cc(OC)c1OC. The summed E-state index contributed by atoms with van der Waals surface area (Å²) < 4.78 is 15.7. The van der Waals surface area contributed by atoms with Crippen molar-refractivity contribution < 1.29 is 19.0 Å². The third kappa shape index (κ3) is 4.86. The quantitative estimate of drug-likeness (QED) is 0.610. The summed E-state index contributed by atoms with van der Waals surface area (Å²) in [5, 5.41) is 3.99. The maximum absolute atomic E-state index is 12.3. The number of nitrogens with one attached hydrogen (secondary N) is 1. The van der Waals surface area contributed by atoms with Crippen molar-refractivity contribution >= 4 is 18.2 Å². The minimum Gasteiger partial charge on any atom is -0.493 e. The Morgan fingerprint density at radius 2 is 1.62 bits per heavy atom. The topological polar surface area (TPSA) is 69.2 Å². The van der Waals surface area contributed by atoms with E-state index in [0.29, 0.717) is 22.8 Å². The largest absolute Gasteiger partial charge is 0.493 e. The number of hydrogen-bond donors (Lipinski definition) is 1. The minimum atomic E-state index is -0.381. The van der Waals surface area contributed by atoms with Crippen LogP contribution in [0.2, 0.25) is 0 Å². The maximum Gasteiger partial charge on any atom is 0.271 e. The lowest BCUT2D eigenvalue weighted by Crippen LogP contribution is -2.18. The first-order valence-corrected chi connectivity index (χ1v) is 7.95. The van der Waals surface area contributed by atoms with Crippen molar-refractivity contribution in [2.45, 2.75) is 6.92 Å². The summed E-state index contributed by atoms with van der Waals surface area (Å²) in [5.74, 6) is 0.854. The number of amides is 1. The monoisotopic (exact) mass is 354 g/mol. The zero-order valence-corrected chi connectivity index (χ0v) is 15.3. The van der Waals surface area contributed by atoms with Crippen LogP contribution in [0.15, 0.2) is 53.1 Å². The Kier molecular flexibility index (Phi) is 6.79. The zero-order valence-electron chi connectivity index (χ0n) is 15.3. The molecule has 0 fully saturated rings. The molecular formula is C20H22N2O4. The van der Waals surface area contributed by atoms with Crippen LogP contribution in [-0.2, 0) is 0 Å². The highest BCUT2D eigenvalue weighted by molar-refractivity contribution is 5.96. The highest BCUT2D eigenvalue weighted by Crippen LogP contribution is 2.38. The van der Waals surface area contributed by atoms with Crippen molar-refractivity contribution in [2.75, 3.05) is 21.3 Å². The third-order valence-corrected chi connectivity index (χ3v) is 3.56. The van der Waals surface area contributed by atoms with Crippen molar-refractivity contribution in [1.82, 2.24) is 5.43 Å². The third-order valence-electron chi connectivity index (χ3n) is 3.56. The van der Waals surface area contributed by atoms with Gasteiger partial charge in [0.15, 0.2) is 11.5 Å². The number of hydrazone groups is 1. The van der Waals surface area contributed by atoms with Gasteiger partial charge in [-0.3, -0.25) is 4.79 Å². The second-order valence-electron chi connectivity index (χ2n) is 5.41. The lowest BCUT2D eigenvalue weighted by Gasteiger charge is -2.13. The first kappa shape index (κ1) is 19.1. The Bertz CT molecular complexity index is 789. The molecule has 0 aliphatic heterocycles. The van der Waals surface area contributed by atoms with Gasteiger partial charge < -0.3 is 14.2 Å². The smallest absolute Gasteiger partial charge is 0.271 e. The number of nitrogens with zero attached hydrogens (tertiary/aromatic N) is 1. The molecule has 0 bridgehead atoms. The number of benzene rings is 2. The van der Waals surface area contributed by atoms with Crippen LogP contribution in [-0.4, -0.2) is 33.5 Å². The molecule has 6 nitrogen and oxygen atoms in total. The molecule has 136 valence electrons. The maximum atomic E-state index is 12.3. The molecule has 0 saturated carbocycles. The number of methoxy groups -OCH3 is 3. The van der Waals surface area contributed by atoms with Crippen molar-refractivity contribution in [2.24, 2.45) is 5.10 Å². The van der Waals surface area contributed by atoms with Gasteiger partial charge in [-0.25, -0.2) is 5.43 Å². The van der Waals surface area contributed by atoms with Crippen LogP contribution in [0.1, 0.15) is 22.8 Å². The van der Waals surface area contributed by atoms with Gasteiger partial charge in [0, 0.05) is 5.56 Å². The minimum absolute atomic E-state index is 0.348. The fraction of sp³-hybridized carbons (Fsp3) is 0.200. The lowest BCUT2D eigenvalue weighted by atomic mass is 10.1. The molecule has 0 spiro atoms. The van der Waals surface area contributed by atoms with E-state index >= 15 is 0 Å². The van der Waals surface area contributed by atoms with Crippen LogP contribution in [0.4, 0.5) is 0 Å². The predicted octanol–water partition coefficient (Wildman–Crippen LogP) is 3.53. The Hall–Kier alpha value is -3.28. The normalized spacial score (nSPS) is 11.3. The molecule has 26 heavy (non-hydrogen) atoms. The number of allylic oxidation sites excluding steroid dienone is 1. The molecule has 0 atom stereocenters. The summed E-state index contributed by atoms with van der Waals surface area (Å²) in [5.41, 5.74) is 4.81. The van der Waals surface area contributed by atoms with Gasteiger partial charge in [0.2, 0.25) is 5.75 Å². The molecule has 0 aromatic heterocycles. The summed E-state index contributed by atoms with van der Waals surface area (Å²) in [4.78, 5) is 12.3. The molecule has 2 aromatic rings. The lowest BCUT2D eigenvalue weighted by molar-refractivity contribution is 0.0954. The number of ether oxygens (including phenoxy) is 3. The van der Waals surface area contributed by atoms with E-state index in [1.54, 1.807) is 18.3 Å². The summed E-state index contributed by atoms with van der Waals surface area (Å²) in [6, 6.07) is 13.0. The molecule has 2 aromatic carbocycles. The van der Waals surface area contributed by atoms with Crippen LogP contribution < -0.4 is 19.6 Å². The summed E-state index contributed by atoms with van der Waals surface area (Å²) in [6.07, 6.45) is 3.55. The van der Waals surface area contributed by atoms with Crippen molar-refractivity contribution in [1.29, 1.82) is 0 Å². The Labute approximate surface area is 153 Å². The summed E-state index contributed by atoms with van der Waals surface area (Å²) in [6.45, 7) is 1.90. The number of hydrogen-bond acceptors (Lipinski definition) is 5. The van der Waals surface area contributed by atoms with Gasteiger partial charge >= 0.3 is 0 Å². The van der Waals surface area contributed by atoms with Gasteiger partial charge in [-0.2, -0.15) is 5.10 Å². The van der Waals surface area contributed by atoms with E-state index in [2.05, 4.69) is 10.5 Å². The van der Waals surface area contributed by atoms with Gasteiger partial charge in [0.05, 0.1) is 27.5 Å². The van der Waals surface area contributed by atoms with Crippen LogP contribution in [0, 0.1) is 0 Å². The average Bonchev–Trinajstić information content (AvgIpc) is 2.67. The Morgan fingerprint density at radius 1 is 1.00 bits per heavy atom. The van der Waals surface area contributed by atoms with Gasteiger partial charge in [-0.05, 0) is 30.2 Å². The molecule has 1 N–H and O–H groups in total. The molecule has 0 heterocycles. The Morgan fingerprint density at radius 3 is 2.15 bits per heavy atom. The van der Waals surface area contributed by atoms with Gasteiger partial charge in [0.25, 0.3) is 5.91 Å². The number of carbonyl (C=O) groups excluding carboxylic acids is 1. The van der Waals surface area contributed by atoms with E-state index < -0.39 is 0 Å². The molecule has 1 amide bonds. The van der Waals surface area contributed by atoms with Crippen molar-refractivity contribution in [3.05, 3.63) is 59.2 Å². The van der Waals surface area contributed by atoms with Crippen molar-refractivity contribution in [3.63, 3.8) is 0 Å². The highest BCUT2D eigenvalue weighted by atomic mass is 16.5.